The molecule has 0 spiro atoms. The number of hydrazine groups is 1. The van der Waals surface area contributed by atoms with Crippen LogP contribution >= 0.6 is 0 Å². The summed E-state index contributed by atoms with van der Waals surface area (Å²) in [5.74, 6) is 6.98. The van der Waals surface area contributed by atoms with Gasteiger partial charge in [0.1, 0.15) is 0 Å². The normalized spacial score (nSPS) is 24.6. The van der Waals surface area contributed by atoms with Crippen molar-refractivity contribution in [2.75, 3.05) is 13.2 Å². The Kier molecular flexibility index (Phi) is 4.54. The van der Waals surface area contributed by atoms with Gasteiger partial charge in [0.2, 0.25) is 0 Å². The van der Waals surface area contributed by atoms with E-state index in [0.29, 0.717) is 17.9 Å². The first kappa shape index (κ1) is 12.6. The summed E-state index contributed by atoms with van der Waals surface area (Å²) in [6.45, 7) is 3.60. The van der Waals surface area contributed by atoms with E-state index in [1.165, 1.54) is 12.0 Å². The van der Waals surface area contributed by atoms with E-state index < -0.39 is 0 Å². The van der Waals surface area contributed by atoms with Gasteiger partial charge in [-0.2, -0.15) is 0 Å². The molecule has 1 aliphatic carbocycles. The van der Waals surface area contributed by atoms with Gasteiger partial charge in [-0.3, -0.25) is 11.3 Å². The summed E-state index contributed by atoms with van der Waals surface area (Å²) in [6.07, 6.45) is 2.24. The molecule has 1 fully saturated rings. The second-order valence-corrected chi connectivity index (χ2v) is 4.68. The zero-order valence-corrected chi connectivity index (χ0v) is 10.4. The topological polar surface area (TPSA) is 47.3 Å². The maximum Gasteiger partial charge on any atom is 0.0481 e. The van der Waals surface area contributed by atoms with Crippen molar-refractivity contribution in [2.45, 2.75) is 31.7 Å². The maximum absolute atomic E-state index is 5.63. The smallest absolute Gasteiger partial charge is 0.0481 e. The summed E-state index contributed by atoms with van der Waals surface area (Å²) in [7, 11) is 0. The summed E-state index contributed by atoms with van der Waals surface area (Å²) in [4.78, 5) is 0. The predicted octanol–water partition coefficient (Wildman–Crippen LogP) is 2.05. The van der Waals surface area contributed by atoms with Crippen molar-refractivity contribution in [1.82, 2.24) is 5.43 Å². The van der Waals surface area contributed by atoms with E-state index in [4.69, 9.17) is 10.6 Å². The summed E-state index contributed by atoms with van der Waals surface area (Å²) < 4.78 is 5.39. The third-order valence-corrected chi connectivity index (χ3v) is 3.58. The van der Waals surface area contributed by atoms with Crippen LogP contribution in [0.1, 0.15) is 31.2 Å². The van der Waals surface area contributed by atoms with Gasteiger partial charge >= 0.3 is 0 Å². The van der Waals surface area contributed by atoms with Crippen LogP contribution in [0.2, 0.25) is 0 Å². The SMILES string of the molecule is CCOCCC(NN)C1CC1c1ccccc1. The molecule has 3 heteroatoms. The Morgan fingerprint density at radius 2 is 2.18 bits per heavy atom. The molecule has 0 aromatic heterocycles. The largest absolute Gasteiger partial charge is 0.382 e. The lowest BCUT2D eigenvalue weighted by Crippen LogP contribution is -2.38. The molecule has 0 heterocycles. The van der Waals surface area contributed by atoms with E-state index in [-0.39, 0.29) is 0 Å². The van der Waals surface area contributed by atoms with Crippen molar-refractivity contribution in [3.05, 3.63) is 35.9 Å². The molecule has 94 valence electrons. The van der Waals surface area contributed by atoms with Gasteiger partial charge in [0.15, 0.2) is 0 Å². The van der Waals surface area contributed by atoms with Crippen molar-refractivity contribution < 1.29 is 4.74 Å². The Balaban J connectivity index is 1.83. The molecular formula is C14H22N2O. The van der Waals surface area contributed by atoms with Crippen LogP contribution < -0.4 is 11.3 Å². The standard InChI is InChI=1S/C14H22N2O/c1-2-17-9-8-14(16-15)13-10-12(13)11-6-4-3-5-7-11/h3-7,12-14,16H,2,8-10,15H2,1H3. The molecule has 2 rings (SSSR count). The fourth-order valence-corrected chi connectivity index (χ4v) is 2.52. The van der Waals surface area contributed by atoms with E-state index in [2.05, 4.69) is 35.8 Å². The summed E-state index contributed by atoms with van der Waals surface area (Å²) in [5.41, 5.74) is 4.38. The number of nitrogens with one attached hydrogen (secondary N) is 1. The van der Waals surface area contributed by atoms with Crippen LogP contribution in [0.5, 0.6) is 0 Å². The van der Waals surface area contributed by atoms with Gasteiger partial charge < -0.3 is 4.74 Å². The maximum atomic E-state index is 5.63. The zero-order valence-electron chi connectivity index (χ0n) is 10.4. The first-order chi connectivity index (χ1) is 8.36. The average Bonchev–Trinajstić information content (AvgIpc) is 3.16. The minimum Gasteiger partial charge on any atom is -0.382 e. The average molecular weight is 234 g/mol. The van der Waals surface area contributed by atoms with Crippen molar-refractivity contribution in [1.29, 1.82) is 0 Å². The molecule has 17 heavy (non-hydrogen) atoms. The zero-order chi connectivity index (χ0) is 12.1. The first-order valence-corrected chi connectivity index (χ1v) is 6.45. The van der Waals surface area contributed by atoms with Gasteiger partial charge in [-0.05, 0) is 37.2 Å². The van der Waals surface area contributed by atoms with E-state index >= 15 is 0 Å². The lowest BCUT2D eigenvalue weighted by atomic mass is 10.0. The van der Waals surface area contributed by atoms with Gasteiger partial charge in [-0.1, -0.05) is 30.3 Å². The number of rotatable bonds is 7. The molecule has 0 radical (unpaired) electrons. The second kappa shape index (κ2) is 6.15. The van der Waals surface area contributed by atoms with Gasteiger partial charge in [0.25, 0.3) is 0 Å². The lowest BCUT2D eigenvalue weighted by molar-refractivity contribution is 0.133. The van der Waals surface area contributed by atoms with E-state index in [1.807, 2.05) is 6.92 Å². The Morgan fingerprint density at radius 3 is 2.82 bits per heavy atom. The highest BCUT2D eigenvalue weighted by atomic mass is 16.5. The fraction of sp³-hybridized carbons (Fsp3) is 0.571. The van der Waals surface area contributed by atoms with Crippen molar-refractivity contribution in [3.63, 3.8) is 0 Å². The molecule has 3 atom stereocenters. The van der Waals surface area contributed by atoms with Gasteiger partial charge in [-0.25, -0.2) is 0 Å². The molecule has 0 saturated heterocycles. The molecule has 0 amide bonds. The minimum absolute atomic E-state index is 0.381. The summed E-state index contributed by atoms with van der Waals surface area (Å²) in [5, 5.41) is 0. The summed E-state index contributed by atoms with van der Waals surface area (Å²) in [6, 6.07) is 11.1. The Morgan fingerprint density at radius 1 is 1.41 bits per heavy atom. The molecule has 3 unspecified atom stereocenters. The highest BCUT2D eigenvalue weighted by Crippen LogP contribution is 2.49. The molecule has 1 aliphatic rings. The lowest BCUT2D eigenvalue weighted by Gasteiger charge is -2.15. The van der Waals surface area contributed by atoms with Crippen LogP contribution in [0.4, 0.5) is 0 Å². The Bertz CT molecular complexity index is 328. The monoisotopic (exact) mass is 234 g/mol. The summed E-state index contributed by atoms with van der Waals surface area (Å²) >= 11 is 0. The molecule has 1 aromatic carbocycles. The highest BCUT2D eigenvalue weighted by Gasteiger charge is 2.43. The number of ether oxygens (including phenoxy) is 1. The molecule has 0 aliphatic heterocycles. The minimum atomic E-state index is 0.381. The highest BCUT2D eigenvalue weighted by molar-refractivity contribution is 5.26. The molecule has 3 nitrogen and oxygen atoms in total. The van der Waals surface area contributed by atoms with Crippen molar-refractivity contribution in [2.24, 2.45) is 11.8 Å². The number of hydrogen-bond donors (Lipinski definition) is 2. The number of benzene rings is 1. The molecule has 1 saturated carbocycles. The molecule has 1 aromatic rings. The Hall–Kier alpha value is -0.900. The first-order valence-electron chi connectivity index (χ1n) is 6.45. The predicted molar refractivity (Wildman–Crippen MR) is 69.5 cm³/mol. The third kappa shape index (κ3) is 3.28. The van der Waals surface area contributed by atoms with Crippen LogP contribution in [-0.2, 0) is 4.74 Å². The third-order valence-electron chi connectivity index (χ3n) is 3.58. The molecule has 3 N–H and O–H groups in total. The second-order valence-electron chi connectivity index (χ2n) is 4.68. The number of hydrogen-bond acceptors (Lipinski definition) is 3. The van der Waals surface area contributed by atoms with E-state index in [9.17, 15) is 0 Å². The van der Waals surface area contributed by atoms with Crippen LogP contribution in [0.15, 0.2) is 30.3 Å². The van der Waals surface area contributed by atoms with E-state index in [0.717, 1.165) is 19.6 Å². The van der Waals surface area contributed by atoms with Gasteiger partial charge in [0.05, 0.1) is 0 Å². The van der Waals surface area contributed by atoms with Crippen LogP contribution in [-0.4, -0.2) is 19.3 Å². The van der Waals surface area contributed by atoms with Crippen molar-refractivity contribution in [3.8, 4) is 0 Å². The molecular weight excluding hydrogens is 212 g/mol. The molecule has 0 bridgehead atoms. The Labute approximate surface area is 103 Å². The fourth-order valence-electron chi connectivity index (χ4n) is 2.52. The van der Waals surface area contributed by atoms with Crippen LogP contribution in [0.3, 0.4) is 0 Å². The number of nitrogens with two attached hydrogens (primary N) is 1. The van der Waals surface area contributed by atoms with Crippen molar-refractivity contribution >= 4 is 0 Å². The van der Waals surface area contributed by atoms with E-state index in [1.54, 1.807) is 0 Å². The van der Waals surface area contributed by atoms with Crippen LogP contribution in [0, 0.1) is 5.92 Å². The van der Waals surface area contributed by atoms with Crippen LogP contribution in [0.25, 0.3) is 0 Å². The quantitative estimate of drug-likeness (QED) is 0.431. The van der Waals surface area contributed by atoms with Gasteiger partial charge in [0, 0.05) is 19.3 Å². The van der Waals surface area contributed by atoms with Gasteiger partial charge in [-0.15, -0.1) is 0 Å².